The summed E-state index contributed by atoms with van der Waals surface area (Å²) in [7, 11) is 0. The first-order chi connectivity index (χ1) is 9.88. The van der Waals surface area contributed by atoms with Crippen LogP contribution in [0.3, 0.4) is 0 Å². The van der Waals surface area contributed by atoms with E-state index in [0.717, 1.165) is 11.1 Å². The fraction of sp³-hybridized carbons (Fsp3) is 0.125. The molecule has 0 aromatic heterocycles. The van der Waals surface area contributed by atoms with Gasteiger partial charge in [-0.3, -0.25) is 4.79 Å². The summed E-state index contributed by atoms with van der Waals surface area (Å²) in [5, 5.41) is 9.41. The van der Waals surface area contributed by atoms with Gasteiger partial charge in [-0.1, -0.05) is 53.6 Å². The minimum absolute atomic E-state index is 0.411. The van der Waals surface area contributed by atoms with E-state index in [-0.39, 0.29) is 0 Å². The monoisotopic (exact) mass is 319 g/mol. The van der Waals surface area contributed by atoms with Crippen LogP contribution in [0.15, 0.2) is 42.5 Å². The minimum atomic E-state index is -1.12. The molecule has 3 nitrogen and oxygen atoms in total. The average molecular weight is 320 g/mol. The topological polar surface area (TPSA) is 63.3 Å². The minimum Gasteiger partial charge on any atom is -0.480 e. The molecule has 0 aliphatic carbocycles. The first-order valence-electron chi connectivity index (χ1n) is 6.28. The van der Waals surface area contributed by atoms with Crippen molar-refractivity contribution in [2.45, 2.75) is 13.0 Å². The zero-order valence-electron chi connectivity index (χ0n) is 11.3. The molecule has 0 fully saturated rings. The number of hydrogen-bond donors (Lipinski definition) is 2. The van der Waals surface area contributed by atoms with E-state index in [1.165, 1.54) is 0 Å². The van der Waals surface area contributed by atoms with Gasteiger partial charge >= 0.3 is 5.97 Å². The maximum Gasteiger partial charge on any atom is 0.325 e. The number of nitrogens with two attached hydrogens (primary N) is 1. The van der Waals surface area contributed by atoms with Gasteiger partial charge < -0.3 is 10.8 Å². The van der Waals surface area contributed by atoms with Crippen molar-refractivity contribution in [3.63, 3.8) is 0 Å². The highest BCUT2D eigenvalue weighted by Crippen LogP contribution is 2.22. The summed E-state index contributed by atoms with van der Waals surface area (Å²) in [6.07, 6.45) is 0. The zero-order chi connectivity index (χ0) is 15.6. The van der Waals surface area contributed by atoms with E-state index in [1.54, 1.807) is 18.2 Å². The molecule has 0 aliphatic heterocycles. The number of carbonyl (C=O) groups is 1. The molecule has 2 aromatic rings. The van der Waals surface area contributed by atoms with E-state index in [9.17, 15) is 4.79 Å². The number of aryl methyl sites for hydroxylation is 1. The number of hydrogen-bond acceptors (Lipinski definition) is 3. The molecule has 2 aromatic carbocycles. The van der Waals surface area contributed by atoms with E-state index in [4.69, 9.17) is 34.7 Å². The highest BCUT2D eigenvalue weighted by Gasteiger charge is 2.17. The third-order valence-corrected chi connectivity index (χ3v) is 3.81. The van der Waals surface area contributed by atoms with E-state index >= 15 is 0 Å². The number of carboxylic acid groups (broad SMARTS) is 1. The summed E-state index contributed by atoms with van der Waals surface area (Å²) < 4.78 is 0. The van der Waals surface area contributed by atoms with Gasteiger partial charge in [0.25, 0.3) is 0 Å². The molecule has 0 spiro atoms. The van der Waals surface area contributed by atoms with Gasteiger partial charge in [0.15, 0.2) is 0 Å². The molecular formula is C16H14ClNO2S. The Labute approximate surface area is 133 Å². The third kappa shape index (κ3) is 3.67. The van der Waals surface area contributed by atoms with E-state index in [1.807, 2.05) is 31.2 Å². The average Bonchev–Trinajstić information content (AvgIpc) is 2.45. The molecule has 5 heteroatoms. The molecular weight excluding hydrogens is 306 g/mol. The fourth-order valence-corrected chi connectivity index (χ4v) is 2.43. The zero-order valence-corrected chi connectivity index (χ0v) is 12.9. The number of carboxylic acids is 1. The molecule has 1 atom stereocenters. The standard InChI is InChI=1S/C16H14ClNO2S/c1-9-2-4-10(5-3-9)15(21)12-6-11(7-13(17)8-12)14(18)16(19)20/h2-8,14H,18H2,1H3,(H,19,20). The summed E-state index contributed by atoms with van der Waals surface area (Å²) in [6.45, 7) is 2.00. The first-order valence-corrected chi connectivity index (χ1v) is 7.07. The van der Waals surface area contributed by atoms with Gasteiger partial charge in [0.05, 0.1) is 4.86 Å². The summed E-state index contributed by atoms with van der Waals surface area (Å²) >= 11 is 11.5. The van der Waals surface area contributed by atoms with Crippen LogP contribution >= 0.6 is 23.8 Å². The fourth-order valence-electron chi connectivity index (χ4n) is 1.94. The van der Waals surface area contributed by atoms with E-state index in [2.05, 4.69) is 0 Å². The van der Waals surface area contributed by atoms with Gasteiger partial charge in [0, 0.05) is 5.02 Å². The van der Waals surface area contributed by atoms with Crippen LogP contribution in [-0.2, 0) is 4.79 Å². The Hall–Kier alpha value is -1.75. The Morgan fingerprint density at radius 1 is 1.19 bits per heavy atom. The summed E-state index contributed by atoms with van der Waals surface area (Å²) in [6, 6.07) is 11.6. The van der Waals surface area contributed by atoms with Crippen molar-refractivity contribution in [2.75, 3.05) is 0 Å². The number of thiocarbonyl (C=S) groups is 1. The van der Waals surface area contributed by atoms with Crippen LogP contribution in [0.25, 0.3) is 0 Å². The Morgan fingerprint density at radius 2 is 1.81 bits per heavy atom. The van der Waals surface area contributed by atoms with Crippen LogP contribution in [0.4, 0.5) is 0 Å². The predicted molar refractivity (Wildman–Crippen MR) is 88.0 cm³/mol. The van der Waals surface area contributed by atoms with Crippen LogP contribution in [0, 0.1) is 6.92 Å². The molecule has 0 saturated carbocycles. The Kier molecular flexibility index (Phi) is 4.73. The van der Waals surface area contributed by atoms with E-state index in [0.29, 0.717) is 21.0 Å². The van der Waals surface area contributed by atoms with Crippen molar-refractivity contribution in [3.8, 4) is 0 Å². The van der Waals surface area contributed by atoms with Crippen molar-refractivity contribution in [3.05, 3.63) is 69.7 Å². The second-order valence-corrected chi connectivity index (χ2v) is 5.63. The normalized spacial score (nSPS) is 12.0. The van der Waals surface area contributed by atoms with Crippen molar-refractivity contribution >= 4 is 34.7 Å². The molecule has 0 heterocycles. The maximum atomic E-state index is 11.0. The van der Waals surface area contributed by atoms with Gasteiger partial charge in [0.1, 0.15) is 6.04 Å². The number of halogens is 1. The molecule has 3 N–H and O–H groups in total. The lowest BCUT2D eigenvalue weighted by atomic mass is 9.99. The third-order valence-electron chi connectivity index (χ3n) is 3.12. The smallest absolute Gasteiger partial charge is 0.325 e. The van der Waals surface area contributed by atoms with E-state index < -0.39 is 12.0 Å². The second kappa shape index (κ2) is 6.35. The lowest BCUT2D eigenvalue weighted by molar-refractivity contribution is -0.138. The lowest BCUT2D eigenvalue weighted by Gasteiger charge is -2.11. The largest absolute Gasteiger partial charge is 0.480 e. The Balaban J connectivity index is 2.42. The Morgan fingerprint density at radius 3 is 2.38 bits per heavy atom. The van der Waals surface area contributed by atoms with Crippen molar-refractivity contribution in [2.24, 2.45) is 5.73 Å². The maximum absolute atomic E-state index is 11.0. The van der Waals surface area contributed by atoms with Gasteiger partial charge in [-0.25, -0.2) is 0 Å². The number of benzene rings is 2. The quantitative estimate of drug-likeness (QED) is 0.669. The molecule has 1 unspecified atom stereocenters. The lowest BCUT2D eigenvalue weighted by Crippen LogP contribution is -2.21. The van der Waals surface area contributed by atoms with Crippen LogP contribution in [0.2, 0.25) is 5.02 Å². The second-order valence-electron chi connectivity index (χ2n) is 4.78. The molecule has 2 rings (SSSR count). The van der Waals surface area contributed by atoms with Gasteiger partial charge in [-0.05, 0) is 41.8 Å². The van der Waals surface area contributed by atoms with Gasteiger partial charge in [-0.15, -0.1) is 0 Å². The van der Waals surface area contributed by atoms with Crippen molar-refractivity contribution in [1.82, 2.24) is 0 Å². The molecule has 108 valence electrons. The Bertz CT molecular complexity index is 698. The molecule has 21 heavy (non-hydrogen) atoms. The number of aliphatic carboxylic acids is 1. The van der Waals surface area contributed by atoms with Crippen LogP contribution in [0.1, 0.15) is 28.3 Å². The van der Waals surface area contributed by atoms with Crippen LogP contribution in [-0.4, -0.2) is 15.9 Å². The van der Waals surface area contributed by atoms with Crippen molar-refractivity contribution < 1.29 is 9.90 Å². The molecule has 0 aliphatic rings. The molecule has 0 saturated heterocycles. The first kappa shape index (κ1) is 15.6. The number of rotatable bonds is 4. The van der Waals surface area contributed by atoms with Gasteiger partial charge in [0.2, 0.25) is 0 Å². The highest BCUT2D eigenvalue weighted by atomic mass is 35.5. The molecule has 0 radical (unpaired) electrons. The predicted octanol–water partition coefficient (Wildman–Crippen LogP) is 3.50. The SMILES string of the molecule is Cc1ccc(C(=S)c2cc(Cl)cc(C(N)C(=O)O)c2)cc1. The summed E-state index contributed by atoms with van der Waals surface area (Å²) in [5.41, 5.74) is 8.77. The molecule has 0 bridgehead atoms. The highest BCUT2D eigenvalue weighted by molar-refractivity contribution is 7.81. The van der Waals surface area contributed by atoms with Crippen LogP contribution < -0.4 is 5.73 Å². The van der Waals surface area contributed by atoms with Gasteiger partial charge in [-0.2, -0.15) is 0 Å². The van der Waals surface area contributed by atoms with Crippen molar-refractivity contribution in [1.29, 1.82) is 0 Å². The molecule has 0 amide bonds. The summed E-state index contributed by atoms with van der Waals surface area (Å²) in [4.78, 5) is 11.6. The van der Waals surface area contributed by atoms with Crippen LogP contribution in [0.5, 0.6) is 0 Å². The summed E-state index contributed by atoms with van der Waals surface area (Å²) in [5.74, 6) is -1.11.